The van der Waals surface area contributed by atoms with E-state index in [4.69, 9.17) is 10.7 Å². The van der Waals surface area contributed by atoms with Gasteiger partial charge >= 0.3 is 0 Å². The molecule has 3 rings (SSSR count). The highest BCUT2D eigenvalue weighted by molar-refractivity contribution is 7.12. The van der Waals surface area contributed by atoms with E-state index in [0.29, 0.717) is 12.1 Å². The van der Waals surface area contributed by atoms with E-state index in [-0.39, 0.29) is 5.54 Å². The molecular formula is C12H19N3S. The molecule has 3 nitrogen and oxygen atoms in total. The van der Waals surface area contributed by atoms with Crippen molar-refractivity contribution in [3.63, 3.8) is 0 Å². The summed E-state index contributed by atoms with van der Waals surface area (Å²) >= 11 is 1.83. The SMILES string of the molecule is CN1C2CCC1c1sc(C(C)(C)N)nc1C2. The van der Waals surface area contributed by atoms with Gasteiger partial charge < -0.3 is 5.73 Å². The van der Waals surface area contributed by atoms with Crippen LogP contribution in [-0.4, -0.2) is 23.0 Å². The summed E-state index contributed by atoms with van der Waals surface area (Å²) in [5.41, 5.74) is 7.17. The fourth-order valence-corrected chi connectivity index (χ4v) is 4.14. The van der Waals surface area contributed by atoms with E-state index in [1.54, 1.807) is 0 Å². The maximum atomic E-state index is 6.14. The van der Waals surface area contributed by atoms with Gasteiger partial charge in [-0.1, -0.05) is 0 Å². The number of rotatable bonds is 1. The van der Waals surface area contributed by atoms with Crippen LogP contribution < -0.4 is 5.73 Å². The Morgan fingerprint density at radius 3 is 2.88 bits per heavy atom. The molecule has 88 valence electrons. The second-order valence-corrected chi connectivity index (χ2v) is 6.70. The average molecular weight is 237 g/mol. The van der Waals surface area contributed by atoms with Crippen LogP contribution in [0.5, 0.6) is 0 Å². The Kier molecular flexibility index (Phi) is 2.19. The van der Waals surface area contributed by atoms with Crippen LogP contribution in [0.4, 0.5) is 0 Å². The summed E-state index contributed by atoms with van der Waals surface area (Å²) in [7, 11) is 2.25. The van der Waals surface area contributed by atoms with E-state index in [2.05, 4.69) is 11.9 Å². The van der Waals surface area contributed by atoms with Gasteiger partial charge in [-0.2, -0.15) is 0 Å². The summed E-state index contributed by atoms with van der Waals surface area (Å²) in [5, 5.41) is 1.10. The lowest BCUT2D eigenvalue weighted by molar-refractivity contribution is 0.226. The zero-order chi connectivity index (χ0) is 11.5. The molecular weight excluding hydrogens is 218 g/mol. The van der Waals surface area contributed by atoms with Crippen molar-refractivity contribution in [3.05, 3.63) is 15.6 Å². The Balaban J connectivity index is 2.04. The van der Waals surface area contributed by atoms with Gasteiger partial charge in [-0.15, -0.1) is 11.3 Å². The number of aromatic nitrogens is 1. The molecule has 1 fully saturated rings. The molecule has 4 heteroatoms. The third-order valence-electron chi connectivity index (χ3n) is 3.85. The minimum Gasteiger partial charge on any atom is -0.320 e. The molecule has 16 heavy (non-hydrogen) atoms. The van der Waals surface area contributed by atoms with Crippen molar-refractivity contribution in [2.45, 2.75) is 50.7 Å². The van der Waals surface area contributed by atoms with Gasteiger partial charge in [0.05, 0.1) is 11.2 Å². The molecule has 1 aromatic heterocycles. The van der Waals surface area contributed by atoms with Gasteiger partial charge in [0.15, 0.2) is 0 Å². The highest BCUT2D eigenvalue weighted by atomic mass is 32.1. The van der Waals surface area contributed by atoms with Crippen LogP contribution in [0.3, 0.4) is 0 Å². The Hall–Kier alpha value is -0.450. The Morgan fingerprint density at radius 1 is 1.44 bits per heavy atom. The first kappa shape index (κ1) is 10.7. The van der Waals surface area contributed by atoms with E-state index < -0.39 is 0 Å². The van der Waals surface area contributed by atoms with Gasteiger partial charge in [0, 0.05) is 23.4 Å². The number of likely N-dealkylation sites (N-methyl/N-ethyl adjacent to an activating group) is 1. The van der Waals surface area contributed by atoms with Crippen molar-refractivity contribution in [2.24, 2.45) is 5.73 Å². The van der Waals surface area contributed by atoms with Gasteiger partial charge in [-0.25, -0.2) is 4.98 Å². The van der Waals surface area contributed by atoms with Crippen molar-refractivity contribution in [1.82, 2.24) is 9.88 Å². The van der Waals surface area contributed by atoms with E-state index in [1.165, 1.54) is 23.4 Å². The van der Waals surface area contributed by atoms with Gasteiger partial charge in [-0.3, -0.25) is 4.90 Å². The maximum Gasteiger partial charge on any atom is 0.113 e. The summed E-state index contributed by atoms with van der Waals surface area (Å²) in [6.45, 7) is 4.08. The van der Waals surface area contributed by atoms with E-state index in [1.807, 2.05) is 25.2 Å². The molecule has 0 spiro atoms. The molecule has 2 bridgehead atoms. The number of hydrogen-bond donors (Lipinski definition) is 1. The van der Waals surface area contributed by atoms with E-state index in [9.17, 15) is 0 Å². The molecule has 0 aromatic carbocycles. The molecule has 2 unspecified atom stereocenters. The standard InChI is InChI=1S/C12H19N3S/c1-12(2,13)11-14-8-6-7-4-5-9(15(7)3)10(8)16-11/h7,9H,4-6,13H2,1-3H3. The molecule has 1 aromatic rings. The van der Waals surface area contributed by atoms with Gasteiger partial charge in [0.25, 0.3) is 0 Å². The Labute approximate surface area is 101 Å². The molecule has 2 aliphatic rings. The van der Waals surface area contributed by atoms with Crippen LogP contribution in [0.2, 0.25) is 0 Å². The molecule has 2 N–H and O–H groups in total. The maximum absolute atomic E-state index is 6.14. The first-order valence-electron chi connectivity index (χ1n) is 5.97. The summed E-state index contributed by atoms with van der Waals surface area (Å²) in [6.07, 6.45) is 3.74. The smallest absolute Gasteiger partial charge is 0.113 e. The zero-order valence-corrected chi connectivity index (χ0v) is 11.0. The normalized spacial score (nSPS) is 29.5. The molecule has 0 saturated carbocycles. The predicted octanol–water partition coefficient (Wildman–Crippen LogP) is 2.03. The molecule has 0 amide bonds. The number of fused-ring (bicyclic) bond motifs is 4. The highest BCUT2D eigenvalue weighted by Crippen LogP contribution is 2.45. The molecule has 0 radical (unpaired) electrons. The van der Waals surface area contributed by atoms with Crippen molar-refractivity contribution >= 4 is 11.3 Å². The van der Waals surface area contributed by atoms with Gasteiger partial charge in [-0.05, 0) is 33.7 Å². The molecule has 2 aliphatic heterocycles. The minimum absolute atomic E-state index is 0.292. The first-order valence-corrected chi connectivity index (χ1v) is 6.79. The lowest BCUT2D eigenvalue weighted by Gasteiger charge is -2.29. The third kappa shape index (κ3) is 1.44. The van der Waals surface area contributed by atoms with Crippen LogP contribution in [-0.2, 0) is 12.0 Å². The van der Waals surface area contributed by atoms with Crippen molar-refractivity contribution in [2.75, 3.05) is 7.05 Å². The monoisotopic (exact) mass is 237 g/mol. The first-order chi connectivity index (χ1) is 7.47. The topological polar surface area (TPSA) is 42.1 Å². The Morgan fingerprint density at radius 2 is 2.19 bits per heavy atom. The predicted molar refractivity (Wildman–Crippen MR) is 66.6 cm³/mol. The molecule has 1 saturated heterocycles. The van der Waals surface area contributed by atoms with Crippen LogP contribution in [0.25, 0.3) is 0 Å². The van der Waals surface area contributed by atoms with Crippen molar-refractivity contribution in [1.29, 1.82) is 0 Å². The lowest BCUT2D eigenvalue weighted by Crippen LogP contribution is -2.33. The molecule has 3 heterocycles. The van der Waals surface area contributed by atoms with E-state index >= 15 is 0 Å². The number of thiazole rings is 1. The second kappa shape index (κ2) is 3.28. The summed E-state index contributed by atoms with van der Waals surface area (Å²) < 4.78 is 0. The third-order valence-corrected chi connectivity index (χ3v) is 5.39. The van der Waals surface area contributed by atoms with Gasteiger partial charge in [0.2, 0.25) is 0 Å². The zero-order valence-electron chi connectivity index (χ0n) is 10.2. The van der Waals surface area contributed by atoms with Gasteiger partial charge in [0.1, 0.15) is 5.01 Å². The van der Waals surface area contributed by atoms with Crippen LogP contribution in [0.15, 0.2) is 0 Å². The second-order valence-electron chi connectivity index (χ2n) is 5.67. The van der Waals surface area contributed by atoms with Crippen LogP contribution >= 0.6 is 11.3 Å². The summed E-state index contributed by atoms with van der Waals surface area (Å²) in [5.74, 6) is 0. The fraction of sp³-hybridized carbons (Fsp3) is 0.750. The summed E-state index contributed by atoms with van der Waals surface area (Å²) in [4.78, 5) is 8.76. The lowest BCUT2D eigenvalue weighted by atomic mass is 10.1. The minimum atomic E-state index is -0.292. The fourth-order valence-electron chi connectivity index (χ4n) is 2.84. The Bertz CT molecular complexity index is 418. The number of nitrogens with two attached hydrogens (primary N) is 1. The number of hydrogen-bond acceptors (Lipinski definition) is 4. The van der Waals surface area contributed by atoms with Crippen molar-refractivity contribution < 1.29 is 0 Å². The van der Waals surface area contributed by atoms with Crippen molar-refractivity contribution in [3.8, 4) is 0 Å². The average Bonchev–Trinajstić information content (AvgIpc) is 2.69. The quantitative estimate of drug-likeness (QED) is 0.812. The van der Waals surface area contributed by atoms with Crippen LogP contribution in [0, 0.1) is 0 Å². The highest BCUT2D eigenvalue weighted by Gasteiger charge is 2.40. The van der Waals surface area contributed by atoms with Crippen LogP contribution in [0.1, 0.15) is 48.3 Å². The summed E-state index contributed by atoms with van der Waals surface area (Å²) in [6, 6.07) is 1.33. The molecule has 0 aliphatic carbocycles. The largest absolute Gasteiger partial charge is 0.320 e. The van der Waals surface area contributed by atoms with E-state index in [0.717, 1.165) is 11.4 Å². The molecule has 2 atom stereocenters. The number of nitrogens with zero attached hydrogens (tertiary/aromatic N) is 2.